The van der Waals surface area contributed by atoms with Crippen LogP contribution < -0.4 is 4.74 Å². The molecule has 3 nitrogen and oxygen atoms in total. The van der Waals surface area contributed by atoms with Crippen molar-refractivity contribution < 1.29 is 14.3 Å². The number of unbranched alkanes of at least 4 members (excludes halogenated alkanes) is 1. The molecule has 3 heteroatoms. The summed E-state index contributed by atoms with van der Waals surface area (Å²) in [6, 6.07) is 7.62. The molecule has 0 amide bonds. The molecule has 0 N–H and O–H groups in total. The first-order valence-electron chi connectivity index (χ1n) is 6.04. The third-order valence-corrected chi connectivity index (χ3v) is 2.47. The molecule has 1 atom stereocenters. The maximum Gasteiger partial charge on any atom is 0.347 e. The highest BCUT2D eigenvalue weighted by atomic mass is 16.6. The van der Waals surface area contributed by atoms with Gasteiger partial charge in [0.05, 0.1) is 6.61 Å². The number of hydrogen-bond donors (Lipinski definition) is 0. The van der Waals surface area contributed by atoms with Gasteiger partial charge in [0, 0.05) is 0 Å². The zero-order valence-electron chi connectivity index (χ0n) is 10.7. The molecular weight excluding hydrogens is 216 g/mol. The lowest BCUT2D eigenvalue weighted by molar-refractivity contribution is -0.151. The number of carbonyl (C=O) groups is 1. The zero-order chi connectivity index (χ0) is 12.7. The largest absolute Gasteiger partial charge is 0.479 e. The molecule has 0 aliphatic heterocycles. The second kappa shape index (κ2) is 6.94. The van der Waals surface area contributed by atoms with Crippen molar-refractivity contribution in [1.82, 2.24) is 0 Å². The summed E-state index contributed by atoms with van der Waals surface area (Å²) in [6.07, 6.45) is 1.34. The minimum absolute atomic E-state index is 0.304. The van der Waals surface area contributed by atoms with Crippen molar-refractivity contribution in [2.45, 2.75) is 39.7 Å². The van der Waals surface area contributed by atoms with Crippen LogP contribution in [-0.2, 0) is 9.53 Å². The summed E-state index contributed by atoms with van der Waals surface area (Å²) in [5.41, 5.74) is 1.01. The normalized spacial score (nSPS) is 11.9. The molecule has 0 aromatic heterocycles. The molecule has 0 radical (unpaired) electrons. The van der Waals surface area contributed by atoms with Crippen molar-refractivity contribution in [3.8, 4) is 5.75 Å². The molecule has 0 bridgehead atoms. The predicted octanol–water partition coefficient (Wildman–Crippen LogP) is 3.11. The third kappa shape index (κ3) is 4.47. The molecule has 17 heavy (non-hydrogen) atoms. The van der Waals surface area contributed by atoms with E-state index in [1.54, 1.807) is 6.92 Å². The number of aryl methyl sites for hydroxylation is 1. The zero-order valence-corrected chi connectivity index (χ0v) is 10.7. The van der Waals surface area contributed by atoms with E-state index in [1.807, 2.05) is 31.2 Å². The van der Waals surface area contributed by atoms with E-state index in [0.717, 1.165) is 24.2 Å². The van der Waals surface area contributed by atoms with E-state index in [4.69, 9.17) is 9.47 Å². The monoisotopic (exact) mass is 236 g/mol. The maximum atomic E-state index is 11.6. The van der Waals surface area contributed by atoms with Crippen molar-refractivity contribution >= 4 is 5.97 Å². The summed E-state index contributed by atoms with van der Waals surface area (Å²) in [5.74, 6) is 0.425. The highest BCUT2D eigenvalue weighted by Gasteiger charge is 2.16. The second-order valence-corrected chi connectivity index (χ2v) is 4.05. The summed E-state index contributed by atoms with van der Waals surface area (Å²) in [7, 11) is 0. The SMILES string of the molecule is CCCCOC(=O)C(C)Oc1ccccc1C. The first kappa shape index (κ1) is 13.6. The van der Waals surface area contributed by atoms with Gasteiger partial charge >= 0.3 is 5.97 Å². The Balaban J connectivity index is 2.46. The Bertz CT molecular complexity index is 360. The van der Waals surface area contributed by atoms with E-state index < -0.39 is 6.10 Å². The van der Waals surface area contributed by atoms with E-state index in [-0.39, 0.29) is 5.97 Å². The average molecular weight is 236 g/mol. The molecule has 0 fully saturated rings. The minimum atomic E-state index is -0.562. The Labute approximate surface area is 103 Å². The van der Waals surface area contributed by atoms with E-state index in [0.29, 0.717) is 6.61 Å². The fraction of sp³-hybridized carbons (Fsp3) is 0.500. The van der Waals surface area contributed by atoms with Crippen molar-refractivity contribution in [2.24, 2.45) is 0 Å². The molecule has 0 heterocycles. The van der Waals surface area contributed by atoms with Crippen LogP contribution in [0.4, 0.5) is 0 Å². The van der Waals surface area contributed by atoms with Crippen molar-refractivity contribution in [2.75, 3.05) is 6.61 Å². The Morgan fingerprint density at radius 2 is 2.06 bits per heavy atom. The van der Waals surface area contributed by atoms with Gasteiger partial charge in [0.15, 0.2) is 6.10 Å². The lowest BCUT2D eigenvalue weighted by Crippen LogP contribution is -2.26. The van der Waals surface area contributed by atoms with Crippen LogP contribution in [-0.4, -0.2) is 18.7 Å². The average Bonchev–Trinajstić information content (AvgIpc) is 2.32. The highest BCUT2D eigenvalue weighted by Crippen LogP contribution is 2.18. The molecule has 0 aliphatic rings. The van der Waals surface area contributed by atoms with Gasteiger partial charge in [-0.15, -0.1) is 0 Å². The number of ether oxygens (including phenoxy) is 2. The molecule has 1 unspecified atom stereocenters. The number of hydrogen-bond acceptors (Lipinski definition) is 3. The van der Waals surface area contributed by atoms with E-state index in [9.17, 15) is 4.79 Å². The van der Waals surface area contributed by atoms with E-state index >= 15 is 0 Å². The Kier molecular flexibility index (Phi) is 5.53. The quantitative estimate of drug-likeness (QED) is 0.562. The van der Waals surface area contributed by atoms with Crippen molar-refractivity contribution in [3.05, 3.63) is 29.8 Å². The Morgan fingerprint density at radius 3 is 2.71 bits per heavy atom. The van der Waals surface area contributed by atoms with Crippen LogP contribution in [0.3, 0.4) is 0 Å². The van der Waals surface area contributed by atoms with Gasteiger partial charge in [0.2, 0.25) is 0 Å². The fourth-order valence-corrected chi connectivity index (χ4v) is 1.36. The fourth-order valence-electron chi connectivity index (χ4n) is 1.36. The number of benzene rings is 1. The third-order valence-electron chi connectivity index (χ3n) is 2.47. The lowest BCUT2D eigenvalue weighted by Gasteiger charge is -2.15. The van der Waals surface area contributed by atoms with Crippen LogP contribution in [0, 0.1) is 6.92 Å². The van der Waals surface area contributed by atoms with E-state index in [2.05, 4.69) is 6.92 Å². The molecule has 0 saturated heterocycles. The summed E-state index contributed by atoms with van der Waals surface area (Å²) >= 11 is 0. The maximum absolute atomic E-state index is 11.6. The first-order chi connectivity index (χ1) is 8.15. The van der Waals surface area contributed by atoms with Crippen LogP contribution in [0.1, 0.15) is 32.3 Å². The smallest absolute Gasteiger partial charge is 0.347 e. The van der Waals surface area contributed by atoms with Gasteiger partial charge in [0.25, 0.3) is 0 Å². The molecule has 1 aromatic carbocycles. The Morgan fingerprint density at radius 1 is 1.35 bits per heavy atom. The number of carbonyl (C=O) groups excluding carboxylic acids is 1. The molecule has 1 rings (SSSR count). The van der Waals surface area contributed by atoms with Gasteiger partial charge in [-0.1, -0.05) is 31.5 Å². The van der Waals surface area contributed by atoms with Crippen LogP contribution in [0.2, 0.25) is 0 Å². The summed E-state index contributed by atoms with van der Waals surface area (Å²) in [5, 5.41) is 0. The first-order valence-corrected chi connectivity index (χ1v) is 6.04. The van der Waals surface area contributed by atoms with Crippen LogP contribution >= 0.6 is 0 Å². The molecule has 94 valence electrons. The Hall–Kier alpha value is -1.51. The van der Waals surface area contributed by atoms with Gasteiger partial charge < -0.3 is 9.47 Å². The predicted molar refractivity (Wildman–Crippen MR) is 67.1 cm³/mol. The van der Waals surface area contributed by atoms with Crippen molar-refractivity contribution in [1.29, 1.82) is 0 Å². The van der Waals surface area contributed by atoms with Crippen LogP contribution in [0.25, 0.3) is 0 Å². The number of rotatable bonds is 6. The highest BCUT2D eigenvalue weighted by molar-refractivity contribution is 5.74. The summed E-state index contributed by atoms with van der Waals surface area (Å²) < 4.78 is 10.7. The number of para-hydroxylation sites is 1. The second-order valence-electron chi connectivity index (χ2n) is 4.05. The minimum Gasteiger partial charge on any atom is -0.479 e. The molecule has 1 aromatic rings. The standard InChI is InChI=1S/C14H20O3/c1-4-5-10-16-14(15)12(3)17-13-9-7-6-8-11(13)2/h6-9,12H,4-5,10H2,1-3H3. The molecular formula is C14H20O3. The number of esters is 1. The van der Waals surface area contributed by atoms with Crippen LogP contribution in [0.5, 0.6) is 5.75 Å². The van der Waals surface area contributed by atoms with Gasteiger partial charge in [0.1, 0.15) is 5.75 Å². The summed E-state index contributed by atoms with van der Waals surface area (Å²) in [4.78, 5) is 11.6. The molecule has 0 aliphatic carbocycles. The topological polar surface area (TPSA) is 35.5 Å². The van der Waals surface area contributed by atoms with Gasteiger partial charge in [-0.05, 0) is 31.9 Å². The van der Waals surface area contributed by atoms with Crippen molar-refractivity contribution in [3.63, 3.8) is 0 Å². The van der Waals surface area contributed by atoms with E-state index in [1.165, 1.54) is 0 Å². The van der Waals surface area contributed by atoms with Gasteiger partial charge in [-0.25, -0.2) is 4.79 Å². The summed E-state index contributed by atoms with van der Waals surface area (Å²) in [6.45, 7) is 6.18. The van der Waals surface area contributed by atoms with Gasteiger partial charge in [-0.3, -0.25) is 0 Å². The lowest BCUT2D eigenvalue weighted by atomic mass is 10.2. The molecule has 0 spiro atoms. The van der Waals surface area contributed by atoms with Crippen LogP contribution in [0.15, 0.2) is 24.3 Å². The van der Waals surface area contributed by atoms with Gasteiger partial charge in [-0.2, -0.15) is 0 Å². The molecule has 0 saturated carbocycles.